The van der Waals surface area contributed by atoms with Crippen molar-refractivity contribution in [3.8, 4) is 0 Å². The second-order valence-electron chi connectivity index (χ2n) is 5.75. The van der Waals surface area contributed by atoms with Crippen LogP contribution in [0, 0.1) is 0 Å². The summed E-state index contributed by atoms with van der Waals surface area (Å²) in [4.78, 5) is 28.0. The lowest BCUT2D eigenvalue weighted by Gasteiger charge is -2.35. The smallest absolute Gasteiger partial charge is 0.274 e. The summed E-state index contributed by atoms with van der Waals surface area (Å²) in [5, 5.41) is 6.36. The number of aryl methyl sites for hydroxylation is 1. The van der Waals surface area contributed by atoms with E-state index in [4.69, 9.17) is 0 Å². The molecule has 1 aliphatic rings. The number of carbonyl (C=O) groups excluding carboxylic acids is 1. The van der Waals surface area contributed by atoms with Gasteiger partial charge in [-0.05, 0) is 42.3 Å². The second-order valence-corrected chi connectivity index (χ2v) is 6.75. The Morgan fingerprint density at radius 1 is 1.35 bits per heavy atom. The summed E-state index contributed by atoms with van der Waals surface area (Å²) >= 11 is 1.77. The van der Waals surface area contributed by atoms with E-state index in [-0.39, 0.29) is 17.5 Å². The van der Waals surface area contributed by atoms with Crippen molar-refractivity contribution >= 4 is 17.2 Å². The number of hydrogen-bond donors (Lipinski definition) is 0. The summed E-state index contributed by atoms with van der Waals surface area (Å²) in [6.45, 7) is 5.33. The lowest BCUT2D eigenvalue weighted by atomic mass is 9.97. The average molecular weight is 331 g/mol. The predicted molar refractivity (Wildman–Crippen MR) is 90.9 cm³/mol. The summed E-state index contributed by atoms with van der Waals surface area (Å²) in [6, 6.07) is 5.22. The van der Waals surface area contributed by atoms with Crippen LogP contribution in [-0.4, -0.2) is 27.1 Å². The van der Waals surface area contributed by atoms with Gasteiger partial charge < -0.3 is 4.90 Å². The van der Waals surface area contributed by atoms with E-state index in [9.17, 15) is 9.59 Å². The average Bonchev–Trinajstić information content (AvgIpc) is 3.04. The van der Waals surface area contributed by atoms with Gasteiger partial charge in [-0.15, -0.1) is 11.3 Å². The summed E-state index contributed by atoms with van der Waals surface area (Å²) in [7, 11) is 0. The molecule has 1 atom stereocenters. The van der Waals surface area contributed by atoms with Crippen LogP contribution in [0.1, 0.15) is 53.7 Å². The second kappa shape index (κ2) is 6.66. The van der Waals surface area contributed by atoms with E-state index in [1.165, 1.54) is 21.2 Å². The summed E-state index contributed by atoms with van der Waals surface area (Å²) < 4.78 is 1.38. The summed E-state index contributed by atoms with van der Waals surface area (Å²) in [6.07, 6.45) is 2.58. The number of amides is 1. The van der Waals surface area contributed by atoms with Gasteiger partial charge in [0.25, 0.3) is 11.5 Å². The van der Waals surface area contributed by atoms with E-state index in [1.54, 1.807) is 17.4 Å². The highest BCUT2D eigenvalue weighted by atomic mass is 32.1. The lowest BCUT2D eigenvalue weighted by Crippen LogP contribution is -2.40. The zero-order chi connectivity index (χ0) is 16.4. The minimum absolute atomic E-state index is 0.0847. The normalized spacial score (nSPS) is 17.1. The van der Waals surface area contributed by atoms with E-state index >= 15 is 0 Å². The predicted octanol–water partition coefficient (Wildman–Crippen LogP) is 2.86. The van der Waals surface area contributed by atoms with Gasteiger partial charge >= 0.3 is 0 Å². The molecule has 23 heavy (non-hydrogen) atoms. The third-order valence-corrected chi connectivity index (χ3v) is 5.26. The molecule has 0 saturated heterocycles. The largest absolute Gasteiger partial charge is 0.330 e. The fourth-order valence-electron chi connectivity index (χ4n) is 3.16. The van der Waals surface area contributed by atoms with Crippen LogP contribution in [0.15, 0.2) is 28.4 Å². The number of carbonyl (C=O) groups is 1. The molecule has 1 amide bonds. The molecule has 3 heterocycles. The molecular weight excluding hydrogens is 310 g/mol. The van der Waals surface area contributed by atoms with Gasteiger partial charge in [-0.3, -0.25) is 9.59 Å². The maximum Gasteiger partial charge on any atom is 0.274 e. The number of thiophene rings is 1. The molecule has 0 unspecified atom stereocenters. The van der Waals surface area contributed by atoms with Crippen molar-refractivity contribution in [1.82, 2.24) is 14.7 Å². The Bertz CT molecular complexity index is 765. The van der Waals surface area contributed by atoms with Crippen LogP contribution in [-0.2, 0) is 13.0 Å². The third kappa shape index (κ3) is 2.95. The molecule has 0 saturated carbocycles. The van der Waals surface area contributed by atoms with Gasteiger partial charge in [-0.1, -0.05) is 13.8 Å². The van der Waals surface area contributed by atoms with Crippen LogP contribution in [0.4, 0.5) is 0 Å². The van der Waals surface area contributed by atoms with Gasteiger partial charge in [-0.2, -0.15) is 5.10 Å². The first-order valence-corrected chi connectivity index (χ1v) is 8.99. The van der Waals surface area contributed by atoms with Crippen LogP contribution in [0.3, 0.4) is 0 Å². The first-order chi connectivity index (χ1) is 11.2. The molecule has 1 aliphatic heterocycles. The third-order valence-electron chi connectivity index (χ3n) is 4.26. The summed E-state index contributed by atoms with van der Waals surface area (Å²) in [5.41, 5.74) is 1.46. The highest BCUT2D eigenvalue weighted by Crippen LogP contribution is 2.35. The zero-order valence-electron chi connectivity index (χ0n) is 13.5. The molecule has 0 radical (unpaired) electrons. The van der Waals surface area contributed by atoms with Crippen molar-refractivity contribution < 1.29 is 4.79 Å². The van der Waals surface area contributed by atoms with E-state index in [2.05, 4.69) is 23.5 Å². The number of fused-ring (bicyclic) bond motifs is 1. The quantitative estimate of drug-likeness (QED) is 0.865. The topological polar surface area (TPSA) is 55.2 Å². The van der Waals surface area contributed by atoms with Crippen molar-refractivity contribution in [2.75, 3.05) is 6.54 Å². The Kier molecular flexibility index (Phi) is 4.61. The molecule has 0 fully saturated rings. The van der Waals surface area contributed by atoms with E-state index in [1.807, 2.05) is 11.8 Å². The van der Waals surface area contributed by atoms with Gasteiger partial charge in [0.05, 0.1) is 6.04 Å². The Morgan fingerprint density at radius 3 is 2.91 bits per heavy atom. The highest BCUT2D eigenvalue weighted by Gasteiger charge is 2.31. The van der Waals surface area contributed by atoms with E-state index < -0.39 is 0 Å². The Balaban J connectivity index is 1.91. The van der Waals surface area contributed by atoms with Gasteiger partial charge in [0.1, 0.15) is 5.69 Å². The van der Waals surface area contributed by atoms with Crippen molar-refractivity contribution in [2.45, 2.75) is 45.7 Å². The molecule has 2 aromatic heterocycles. The molecule has 2 aromatic rings. The number of rotatable bonds is 4. The summed E-state index contributed by atoms with van der Waals surface area (Å²) in [5.74, 6) is -0.0847. The highest BCUT2D eigenvalue weighted by molar-refractivity contribution is 7.10. The monoisotopic (exact) mass is 331 g/mol. The molecule has 0 N–H and O–H groups in total. The van der Waals surface area contributed by atoms with Gasteiger partial charge in [-0.25, -0.2) is 4.68 Å². The van der Waals surface area contributed by atoms with Gasteiger partial charge in [0, 0.05) is 24.0 Å². The van der Waals surface area contributed by atoms with Crippen molar-refractivity contribution in [2.24, 2.45) is 0 Å². The van der Waals surface area contributed by atoms with Crippen LogP contribution in [0.2, 0.25) is 0 Å². The molecule has 5 nitrogen and oxygen atoms in total. The fraction of sp³-hybridized carbons (Fsp3) is 0.471. The standard InChI is InChI=1S/C17H21N3O2S/c1-3-9-20-16(21)6-5-13(18-20)17(22)19-10-7-15-12(8-11-23-15)14(19)4-2/h5-6,8,11,14H,3-4,7,9-10H2,1-2H3/t14-/m0/s1. The molecule has 0 bridgehead atoms. The van der Waals surface area contributed by atoms with Crippen LogP contribution >= 0.6 is 11.3 Å². The van der Waals surface area contributed by atoms with Crippen molar-refractivity contribution in [3.05, 3.63) is 50.1 Å². The number of aromatic nitrogens is 2. The molecule has 6 heteroatoms. The van der Waals surface area contributed by atoms with E-state index in [0.29, 0.717) is 18.8 Å². The minimum Gasteiger partial charge on any atom is -0.330 e. The van der Waals surface area contributed by atoms with Gasteiger partial charge in [0.2, 0.25) is 0 Å². The van der Waals surface area contributed by atoms with E-state index in [0.717, 1.165) is 19.3 Å². The molecule has 0 spiro atoms. The Labute approximate surface area is 139 Å². The molecule has 0 aliphatic carbocycles. The maximum absolute atomic E-state index is 12.9. The molecule has 122 valence electrons. The molecule has 0 aromatic carbocycles. The van der Waals surface area contributed by atoms with Crippen LogP contribution in [0.25, 0.3) is 0 Å². The number of hydrogen-bond acceptors (Lipinski definition) is 4. The lowest BCUT2D eigenvalue weighted by molar-refractivity contribution is 0.0648. The Hall–Kier alpha value is -1.95. The van der Waals surface area contributed by atoms with Gasteiger partial charge in [0.15, 0.2) is 0 Å². The Morgan fingerprint density at radius 2 is 2.17 bits per heavy atom. The number of nitrogens with zero attached hydrogens (tertiary/aromatic N) is 3. The minimum atomic E-state index is -0.158. The van der Waals surface area contributed by atoms with Crippen LogP contribution < -0.4 is 5.56 Å². The molecular formula is C17H21N3O2S. The fourth-order valence-corrected chi connectivity index (χ4v) is 4.09. The maximum atomic E-state index is 12.9. The first kappa shape index (κ1) is 15.9. The SMILES string of the molecule is CCCn1nc(C(=O)N2CCc3sccc3[C@@H]2CC)ccc1=O. The van der Waals surface area contributed by atoms with Crippen LogP contribution in [0.5, 0.6) is 0 Å². The zero-order valence-corrected chi connectivity index (χ0v) is 14.3. The van der Waals surface area contributed by atoms with Crippen molar-refractivity contribution in [1.29, 1.82) is 0 Å². The van der Waals surface area contributed by atoms with Crippen molar-refractivity contribution in [3.63, 3.8) is 0 Å². The first-order valence-electron chi connectivity index (χ1n) is 8.11. The molecule has 3 rings (SSSR count).